The third-order valence-electron chi connectivity index (χ3n) is 2.52. The Bertz CT molecular complexity index is 590. The van der Waals surface area contributed by atoms with Crippen molar-refractivity contribution in [1.82, 2.24) is 0 Å². The van der Waals surface area contributed by atoms with E-state index in [9.17, 15) is 9.18 Å². The van der Waals surface area contributed by atoms with E-state index in [0.717, 1.165) is 5.56 Å². The summed E-state index contributed by atoms with van der Waals surface area (Å²) in [5, 5.41) is 2.18. The van der Waals surface area contributed by atoms with Gasteiger partial charge in [-0.1, -0.05) is 12.1 Å². The molecule has 5 heteroatoms. The van der Waals surface area contributed by atoms with Crippen LogP contribution in [0.1, 0.15) is 24.2 Å². The average Bonchev–Trinajstić information content (AvgIpc) is 2.71. The number of hydrogen-bond donors (Lipinski definition) is 1. The third-order valence-corrected chi connectivity index (χ3v) is 3.33. The number of nitrogens with two attached hydrogens (primary N) is 1. The van der Waals surface area contributed by atoms with Gasteiger partial charge >= 0.3 is 5.97 Å². The summed E-state index contributed by atoms with van der Waals surface area (Å²) in [5.74, 6) is -0.772. The predicted molar refractivity (Wildman–Crippen MR) is 74.7 cm³/mol. The summed E-state index contributed by atoms with van der Waals surface area (Å²) in [7, 11) is 0. The van der Waals surface area contributed by atoms with E-state index in [1.54, 1.807) is 31.4 Å². The summed E-state index contributed by atoms with van der Waals surface area (Å²) in [6, 6.07) is 5.92. The van der Waals surface area contributed by atoms with Crippen molar-refractivity contribution in [1.29, 1.82) is 0 Å². The molecule has 0 spiro atoms. The minimum absolute atomic E-state index is 0.215. The van der Waals surface area contributed by atoms with E-state index in [1.165, 1.54) is 23.5 Å². The minimum Gasteiger partial charge on any atom is -0.459 e. The van der Waals surface area contributed by atoms with Gasteiger partial charge in [0, 0.05) is 10.9 Å². The molecular weight excluding hydrogens is 265 g/mol. The first-order valence-corrected chi connectivity index (χ1v) is 6.71. The molecule has 1 aromatic carbocycles. The fourth-order valence-electron chi connectivity index (χ4n) is 1.70. The largest absolute Gasteiger partial charge is 0.459 e. The van der Waals surface area contributed by atoms with Crippen molar-refractivity contribution in [2.24, 2.45) is 0 Å². The zero-order valence-corrected chi connectivity index (χ0v) is 11.5. The van der Waals surface area contributed by atoms with Crippen LogP contribution in [0.4, 0.5) is 9.39 Å². The number of ether oxygens (including phenoxy) is 1. The highest BCUT2D eigenvalue weighted by atomic mass is 32.1. The molecule has 0 aliphatic rings. The Morgan fingerprint density at radius 2 is 1.95 bits per heavy atom. The highest BCUT2D eigenvalue weighted by Gasteiger charge is 2.20. The van der Waals surface area contributed by atoms with Crippen LogP contribution in [-0.4, -0.2) is 12.1 Å². The summed E-state index contributed by atoms with van der Waals surface area (Å²) < 4.78 is 18.1. The second kappa shape index (κ2) is 5.40. The lowest BCUT2D eigenvalue weighted by Gasteiger charge is -2.09. The van der Waals surface area contributed by atoms with Crippen molar-refractivity contribution in [3.05, 3.63) is 41.0 Å². The summed E-state index contributed by atoms with van der Waals surface area (Å²) in [6.07, 6.45) is -0.215. The number of carbonyl (C=O) groups excluding carboxylic acids is 1. The number of halogens is 1. The molecule has 0 radical (unpaired) electrons. The summed E-state index contributed by atoms with van der Waals surface area (Å²) in [5.41, 5.74) is 7.60. The highest BCUT2D eigenvalue weighted by Crippen LogP contribution is 2.34. The molecule has 0 unspecified atom stereocenters. The third kappa shape index (κ3) is 2.93. The van der Waals surface area contributed by atoms with Gasteiger partial charge in [-0.05, 0) is 31.5 Å². The maximum absolute atomic E-state index is 12.9. The minimum atomic E-state index is -0.451. The maximum atomic E-state index is 12.9. The molecule has 0 aliphatic heterocycles. The van der Waals surface area contributed by atoms with Crippen LogP contribution in [0.2, 0.25) is 0 Å². The van der Waals surface area contributed by atoms with Crippen LogP contribution in [0, 0.1) is 5.82 Å². The van der Waals surface area contributed by atoms with Gasteiger partial charge in [0.05, 0.1) is 6.10 Å². The van der Waals surface area contributed by atoms with Crippen molar-refractivity contribution >= 4 is 22.3 Å². The molecule has 0 saturated carbocycles. The Kier molecular flexibility index (Phi) is 3.85. The van der Waals surface area contributed by atoms with E-state index < -0.39 is 5.97 Å². The fourth-order valence-corrected chi connectivity index (χ4v) is 2.51. The van der Waals surface area contributed by atoms with Crippen molar-refractivity contribution in [3.8, 4) is 11.1 Å². The van der Waals surface area contributed by atoms with Crippen LogP contribution in [0.5, 0.6) is 0 Å². The van der Waals surface area contributed by atoms with Gasteiger partial charge in [0.1, 0.15) is 16.4 Å². The number of benzene rings is 1. The number of nitrogen functional groups attached to an aromatic ring is 1. The van der Waals surface area contributed by atoms with Crippen molar-refractivity contribution in [2.75, 3.05) is 5.73 Å². The molecule has 0 bridgehead atoms. The first-order chi connectivity index (χ1) is 8.99. The Hall–Kier alpha value is -1.88. The highest BCUT2D eigenvalue weighted by molar-refractivity contribution is 7.14. The monoisotopic (exact) mass is 279 g/mol. The Morgan fingerprint density at radius 3 is 2.53 bits per heavy atom. The first kappa shape index (κ1) is 13.5. The molecule has 2 N–H and O–H groups in total. The summed E-state index contributed by atoms with van der Waals surface area (Å²) >= 11 is 1.27. The van der Waals surface area contributed by atoms with Gasteiger partial charge < -0.3 is 10.5 Å². The van der Waals surface area contributed by atoms with Crippen LogP contribution in [0.15, 0.2) is 29.6 Å². The molecular formula is C14H14FNO2S. The molecule has 3 nitrogen and oxygen atoms in total. The molecule has 2 aromatic rings. The summed E-state index contributed by atoms with van der Waals surface area (Å²) in [6.45, 7) is 3.55. The van der Waals surface area contributed by atoms with E-state index in [1.807, 2.05) is 0 Å². The SMILES string of the molecule is CC(C)OC(=O)c1c(-c2ccc(F)cc2)csc1N. The van der Waals surface area contributed by atoms with Gasteiger partial charge in [-0.25, -0.2) is 9.18 Å². The zero-order valence-electron chi connectivity index (χ0n) is 10.6. The molecule has 2 rings (SSSR count). The van der Waals surface area contributed by atoms with Gasteiger partial charge in [-0.15, -0.1) is 11.3 Å². The molecule has 1 heterocycles. The zero-order chi connectivity index (χ0) is 14.0. The van der Waals surface area contributed by atoms with E-state index in [4.69, 9.17) is 10.5 Å². The van der Waals surface area contributed by atoms with Crippen LogP contribution < -0.4 is 5.73 Å². The Balaban J connectivity index is 2.42. The van der Waals surface area contributed by atoms with E-state index in [0.29, 0.717) is 16.1 Å². The van der Waals surface area contributed by atoms with E-state index >= 15 is 0 Å². The lowest BCUT2D eigenvalue weighted by atomic mass is 10.0. The van der Waals surface area contributed by atoms with Crippen molar-refractivity contribution < 1.29 is 13.9 Å². The second-order valence-electron chi connectivity index (χ2n) is 4.35. The van der Waals surface area contributed by atoms with Gasteiger partial charge in [-0.2, -0.15) is 0 Å². The standard InChI is InChI=1S/C14H14FNO2S/c1-8(2)18-14(17)12-11(7-19-13(12)16)9-3-5-10(15)6-4-9/h3-8H,16H2,1-2H3. The quantitative estimate of drug-likeness (QED) is 0.871. The van der Waals surface area contributed by atoms with Gasteiger partial charge in [0.25, 0.3) is 0 Å². The van der Waals surface area contributed by atoms with Gasteiger partial charge in [-0.3, -0.25) is 0 Å². The van der Waals surface area contributed by atoms with Crippen LogP contribution in [0.25, 0.3) is 11.1 Å². The predicted octanol–water partition coefficient (Wildman–Crippen LogP) is 3.70. The summed E-state index contributed by atoms with van der Waals surface area (Å²) in [4.78, 5) is 12.0. The number of hydrogen-bond acceptors (Lipinski definition) is 4. The van der Waals surface area contributed by atoms with E-state index in [-0.39, 0.29) is 11.9 Å². The molecule has 100 valence electrons. The van der Waals surface area contributed by atoms with E-state index in [2.05, 4.69) is 0 Å². The number of thiophene rings is 1. The maximum Gasteiger partial charge on any atom is 0.342 e. The van der Waals surface area contributed by atoms with Crippen molar-refractivity contribution in [3.63, 3.8) is 0 Å². The molecule has 0 amide bonds. The molecule has 0 atom stereocenters. The molecule has 0 fully saturated rings. The first-order valence-electron chi connectivity index (χ1n) is 5.83. The lowest BCUT2D eigenvalue weighted by molar-refractivity contribution is 0.0380. The molecule has 19 heavy (non-hydrogen) atoms. The smallest absolute Gasteiger partial charge is 0.342 e. The number of anilines is 1. The van der Waals surface area contributed by atoms with Crippen LogP contribution >= 0.6 is 11.3 Å². The fraction of sp³-hybridized carbons (Fsp3) is 0.214. The second-order valence-corrected chi connectivity index (χ2v) is 5.26. The van der Waals surface area contributed by atoms with Gasteiger partial charge in [0.2, 0.25) is 0 Å². The Labute approximate surface area is 114 Å². The van der Waals surface area contributed by atoms with Crippen molar-refractivity contribution in [2.45, 2.75) is 20.0 Å². The Morgan fingerprint density at radius 1 is 1.32 bits per heavy atom. The molecule has 1 aromatic heterocycles. The topological polar surface area (TPSA) is 52.3 Å². The average molecular weight is 279 g/mol. The van der Waals surface area contributed by atoms with Gasteiger partial charge in [0.15, 0.2) is 0 Å². The van der Waals surface area contributed by atoms with Crippen LogP contribution in [-0.2, 0) is 4.74 Å². The normalized spacial score (nSPS) is 10.7. The van der Waals surface area contributed by atoms with Crippen LogP contribution in [0.3, 0.4) is 0 Å². The lowest BCUT2D eigenvalue weighted by Crippen LogP contribution is -2.13. The molecule has 0 saturated heterocycles. The number of carbonyl (C=O) groups is 1. The molecule has 0 aliphatic carbocycles. The number of esters is 1. The number of rotatable bonds is 3.